The van der Waals surface area contributed by atoms with E-state index in [4.69, 9.17) is 4.74 Å². The number of carboxylic acid groups (broad SMARTS) is 1. The maximum Gasteiger partial charge on any atom is 0.412 e. The van der Waals surface area contributed by atoms with Crippen LogP contribution in [-0.4, -0.2) is 33.6 Å². The van der Waals surface area contributed by atoms with Crippen LogP contribution in [0.4, 0.5) is 10.6 Å². The summed E-state index contributed by atoms with van der Waals surface area (Å²) in [5, 5.41) is 16.1. The smallest absolute Gasteiger partial charge is 0.412 e. The number of carbonyl (C=O) groups excluding carboxylic acids is 1. The number of hydrogen-bond acceptors (Lipinski definition) is 4. The van der Waals surface area contributed by atoms with Gasteiger partial charge in [-0.05, 0) is 43.0 Å². The summed E-state index contributed by atoms with van der Waals surface area (Å²) >= 11 is 0. The number of nitrogens with zero attached hydrogens (tertiary/aromatic N) is 2. The minimum Gasteiger partial charge on any atom is -0.476 e. The van der Waals surface area contributed by atoms with E-state index in [1.807, 2.05) is 38.1 Å². The van der Waals surface area contributed by atoms with Crippen molar-refractivity contribution in [1.29, 1.82) is 0 Å². The molecule has 3 aromatic rings. The Morgan fingerprint density at radius 2 is 1.67 bits per heavy atom. The lowest BCUT2D eigenvalue weighted by Gasteiger charge is -2.16. The lowest BCUT2D eigenvalue weighted by molar-refractivity contribution is 0.0688. The molecule has 1 amide bonds. The summed E-state index contributed by atoms with van der Waals surface area (Å²) in [5.74, 6) is -0.851. The number of amides is 1. The number of hydrogen-bond donors (Lipinski definition) is 2. The van der Waals surface area contributed by atoms with Crippen LogP contribution in [0.25, 0.3) is 11.1 Å². The highest BCUT2D eigenvalue weighted by Crippen LogP contribution is 2.44. The average Bonchev–Trinajstić information content (AvgIpc) is 3.22. The van der Waals surface area contributed by atoms with E-state index in [2.05, 4.69) is 34.7 Å². The molecule has 154 valence electrons. The molecule has 0 saturated heterocycles. The molecule has 0 radical (unpaired) electrons. The Hall–Kier alpha value is -3.61. The van der Waals surface area contributed by atoms with Crippen molar-refractivity contribution in [2.75, 3.05) is 11.9 Å². The third kappa shape index (κ3) is 3.32. The topological polar surface area (TPSA) is 93.5 Å². The van der Waals surface area contributed by atoms with Crippen molar-refractivity contribution < 1.29 is 19.4 Å². The van der Waals surface area contributed by atoms with Gasteiger partial charge in [-0.2, -0.15) is 5.10 Å². The average molecular weight is 405 g/mol. The fraction of sp³-hybridized carbons (Fsp3) is 0.261. The Bertz CT molecular complexity index is 1090. The fourth-order valence-corrected chi connectivity index (χ4v) is 3.98. The fourth-order valence-electron chi connectivity index (χ4n) is 3.98. The first-order chi connectivity index (χ1) is 14.4. The van der Waals surface area contributed by atoms with E-state index in [0.29, 0.717) is 11.4 Å². The van der Waals surface area contributed by atoms with E-state index < -0.39 is 12.1 Å². The number of rotatable bonds is 5. The van der Waals surface area contributed by atoms with Gasteiger partial charge >= 0.3 is 12.1 Å². The van der Waals surface area contributed by atoms with Crippen molar-refractivity contribution >= 4 is 17.9 Å². The monoisotopic (exact) mass is 405 g/mol. The molecular weight excluding hydrogens is 382 g/mol. The van der Waals surface area contributed by atoms with Crippen LogP contribution in [0, 0.1) is 6.92 Å². The molecule has 7 heteroatoms. The van der Waals surface area contributed by atoms with Crippen LogP contribution in [-0.2, 0) is 4.74 Å². The number of benzene rings is 2. The van der Waals surface area contributed by atoms with Crippen LogP contribution in [0.15, 0.2) is 48.5 Å². The molecule has 2 aromatic carbocycles. The first-order valence-corrected chi connectivity index (χ1v) is 9.83. The van der Waals surface area contributed by atoms with E-state index in [-0.39, 0.29) is 24.3 Å². The zero-order chi connectivity index (χ0) is 21.4. The van der Waals surface area contributed by atoms with Crippen molar-refractivity contribution in [2.45, 2.75) is 32.7 Å². The Balaban J connectivity index is 1.54. The Morgan fingerprint density at radius 3 is 2.20 bits per heavy atom. The maximum atomic E-state index is 12.6. The van der Waals surface area contributed by atoms with Crippen LogP contribution in [0.1, 0.15) is 53.0 Å². The van der Waals surface area contributed by atoms with Crippen molar-refractivity contribution in [2.24, 2.45) is 0 Å². The lowest BCUT2D eigenvalue weighted by atomic mass is 9.98. The van der Waals surface area contributed by atoms with Gasteiger partial charge in [0.2, 0.25) is 0 Å². The first kappa shape index (κ1) is 19.7. The molecule has 0 atom stereocenters. The largest absolute Gasteiger partial charge is 0.476 e. The molecule has 0 unspecified atom stereocenters. The third-order valence-corrected chi connectivity index (χ3v) is 5.40. The van der Waals surface area contributed by atoms with E-state index >= 15 is 0 Å². The highest BCUT2D eigenvalue weighted by Gasteiger charge is 2.29. The van der Waals surface area contributed by atoms with Crippen LogP contribution >= 0.6 is 0 Å². The molecule has 0 saturated carbocycles. The molecule has 0 spiro atoms. The van der Waals surface area contributed by atoms with Crippen LogP contribution in [0.2, 0.25) is 0 Å². The van der Waals surface area contributed by atoms with Crippen LogP contribution in [0.3, 0.4) is 0 Å². The predicted molar refractivity (Wildman–Crippen MR) is 113 cm³/mol. The number of aromatic nitrogens is 2. The molecule has 0 bridgehead atoms. The van der Waals surface area contributed by atoms with Gasteiger partial charge in [0.05, 0.1) is 0 Å². The molecule has 1 aliphatic rings. The van der Waals surface area contributed by atoms with Gasteiger partial charge in [-0.15, -0.1) is 0 Å². The molecule has 4 rings (SSSR count). The predicted octanol–water partition coefficient (Wildman–Crippen LogP) is 4.83. The summed E-state index contributed by atoms with van der Waals surface area (Å²) in [6.45, 7) is 5.52. The molecule has 0 fully saturated rings. The highest BCUT2D eigenvalue weighted by atomic mass is 16.5. The summed E-state index contributed by atoms with van der Waals surface area (Å²) in [6, 6.07) is 16.1. The minimum absolute atomic E-state index is 0.0474. The number of anilines is 1. The first-order valence-electron chi connectivity index (χ1n) is 9.83. The summed E-state index contributed by atoms with van der Waals surface area (Å²) in [5.41, 5.74) is 4.87. The highest BCUT2D eigenvalue weighted by molar-refractivity contribution is 5.92. The Labute approximate surface area is 174 Å². The van der Waals surface area contributed by atoms with Gasteiger partial charge < -0.3 is 9.84 Å². The SMILES string of the molecule is Cc1c(C(=O)O)nn(C(C)C)c1NC(=O)OCC1c2ccccc2-c2ccccc21. The zero-order valence-electron chi connectivity index (χ0n) is 17.0. The van der Waals surface area contributed by atoms with Crippen LogP contribution < -0.4 is 5.32 Å². The summed E-state index contributed by atoms with van der Waals surface area (Å²) in [7, 11) is 0. The Morgan fingerprint density at radius 1 is 1.10 bits per heavy atom. The molecular formula is C23H23N3O4. The molecule has 1 aromatic heterocycles. The van der Waals surface area contributed by atoms with E-state index in [1.54, 1.807) is 6.92 Å². The summed E-state index contributed by atoms with van der Waals surface area (Å²) in [4.78, 5) is 24.0. The van der Waals surface area contributed by atoms with Gasteiger partial charge in [0.15, 0.2) is 5.69 Å². The quantitative estimate of drug-likeness (QED) is 0.634. The van der Waals surface area contributed by atoms with E-state index in [0.717, 1.165) is 22.3 Å². The molecule has 0 aliphatic heterocycles. The van der Waals surface area contributed by atoms with Gasteiger partial charge in [-0.25, -0.2) is 14.3 Å². The second-order valence-electron chi connectivity index (χ2n) is 7.62. The molecule has 1 heterocycles. The van der Waals surface area contributed by atoms with Gasteiger partial charge in [0, 0.05) is 17.5 Å². The van der Waals surface area contributed by atoms with Crippen molar-refractivity contribution in [3.05, 3.63) is 70.9 Å². The van der Waals surface area contributed by atoms with Crippen molar-refractivity contribution in [3.8, 4) is 11.1 Å². The Kier molecular flexibility index (Phi) is 5.03. The lowest BCUT2D eigenvalue weighted by Crippen LogP contribution is -2.21. The van der Waals surface area contributed by atoms with E-state index in [1.165, 1.54) is 4.68 Å². The number of fused-ring (bicyclic) bond motifs is 3. The number of nitrogens with one attached hydrogen (secondary N) is 1. The molecule has 2 N–H and O–H groups in total. The van der Waals surface area contributed by atoms with Crippen molar-refractivity contribution in [1.82, 2.24) is 9.78 Å². The van der Waals surface area contributed by atoms with Gasteiger partial charge in [-0.1, -0.05) is 48.5 Å². The second kappa shape index (κ2) is 7.67. The van der Waals surface area contributed by atoms with Gasteiger partial charge in [0.25, 0.3) is 0 Å². The zero-order valence-corrected chi connectivity index (χ0v) is 17.0. The molecule has 30 heavy (non-hydrogen) atoms. The number of ether oxygens (including phenoxy) is 1. The third-order valence-electron chi connectivity index (χ3n) is 5.40. The standard InChI is InChI=1S/C23H23N3O4/c1-13(2)26-21(14(3)20(25-26)22(27)28)24-23(29)30-12-19-17-10-6-4-8-15(17)16-9-5-7-11-18(16)19/h4-11,13,19H,12H2,1-3H3,(H,24,29)(H,27,28). The molecule has 7 nitrogen and oxygen atoms in total. The second-order valence-corrected chi connectivity index (χ2v) is 7.62. The summed E-state index contributed by atoms with van der Waals surface area (Å²) in [6.07, 6.45) is -0.640. The number of carboxylic acids is 1. The van der Waals surface area contributed by atoms with Crippen LogP contribution in [0.5, 0.6) is 0 Å². The summed E-state index contributed by atoms with van der Waals surface area (Å²) < 4.78 is 7.05. The number of aromatic carboxylic acids is 1. The maximum absolute atomic E-state index is 12.6. The number of carbonyl (C=O) groups is 2. The molecule has 1 aliphatic carbocycles. The normalized spacial score (nSPS) is 12.5. The van der Waals surface area contributed by atoms with Gasteiger partial charge in [0.1, 0.15) is 12.4 Å². The minimum atomic E-state index is -1.14. The van der Waals surface area contributed by atoms with E-state index in [9.17, 15) is 14.7 Å². The van der Waals surface area contributed by atoms with Gasteiger partial charge in [-0.3, -0.25) is 5.32 Å². The van der Waals surface area contributed by atoms with Crippen molar-refractivity contribution in [3.63, 3.8) is 0 Å².